The van der Waals surface area contributed by atoms with E-state index >= 15 is 4.39 Å². The number of carbonyl (C=O) groups excluding carboxylic acids is 1. The molecule has 1 saturated heterocycles. The molecule has 3 heterocycles. The molecule has 1 atom stereocenters. The van der Waals surface area contributed by atoms with Crippen molar-refractivity contribution in [2.24, 2.45) is 0 Å². The van der Waals surface area contributed by atoms with Crippen molar-refractivity contribution < 1.29 is 13.9 Å². The van der Waals surface area contributed by atoms with Crippen LogP contribution >= 0.6 is 0 Å². The van der Waals surface area contributed by atoms with Crippen molar-refractivity contribution in [3.8, 4) is 28.7 Å². The van der Waals surface area contributed by atoms with E-state index in [-0.39, 0.29) is 23.3 Å². The number of hydrogen-bond donors (Lipinski definition) is 1. The number of fused-ring (bicyclic) bond motifs is 1. The third-order valence-corrected chi connectivity index (χ3v) is 7.94. The summed E-state index contributed by atoms with van der Waals surface area (Å²) in [5.41, 5.74) is 7.37. The fourth-order valence-electron chi connectivity index (χ4n) is 5.19. The fourth-order valence-corrected chi connectivity index (χ4v) is 5.19. The van der Waals surface area contributed by atoms with Gasteiger partial charge in [0.1, 0.15) is 46.8 Å². The van der Waals surface area contributed by atoms with Gasteiger partial charge in [-0.05, 0) is 71.1 Å². The minimum Gasteiger partial charge on any atom is -0.457 e. The Morgan fingerprint density at radius 1 is 1.19 bits per heavy atom. The smallest absolute Gasteiger partial charge is 0.264 e. The minimum absolute atomic E-state index is 0.116. The van der Waals surface area contributed by atoms with Gasteiger partial charge in [0, 0.05) is 42.0 Å². The topological polar surface area (TPSA) is 113 Å². The molecule has 0 radical (unpaired) electrons. The van der Waals surface area contributed by atoms with Crippen LogP contribution in [0, 0.1) is 17.1 Å². The highest BCUT2D eigenvalue weighted by Gasteiger charge is 2.33. The summed E-state index contributed by atoms with van der Waals surface area (Å²) >= 11 is 0. The van der Waals surface area contributed by atoms with Gasteiger partial charge in [-0.3, -0.25) is 4.79 Å². The molecule has 0 bridgehead atoms. The van der Waals surface area contributed by atoms with Gasteiger partial charge >= 0.3 is 0 Å². The number of ether oxygens (including phenoxy) is 1. The van der Waals surface area contributed by atoms with Gasteiger partial charge in [0.05, 0.1) is 11.4 Å². The van der Waals surface area contributed by atoms with Gasteiger partial charge in [0.2, 0.25) is 0 Å². The van der Waals surface area contributed by atoms with E-state index in [0.717, 1.165) is 12.8 Å². The summed E-state index contributed by atoms with van der Waals surface area (Å²) in [5.74, 6) is 0.442. The van der Waals surface area contributed by atoms with Gasteiger partial charge in [0.15, 0.2) is 0 Å². The normalized spacial score (nSPS) is 15.8. The number of likely N-dealkylation sites (N-methyl/N-ethyl adjacent to an activating group) is 1. The molecule has 2 aromatic heterocycles. The number of hydrogen-bond acceptors (Lipinski definition) is 7. The highest BCUT2D eigenvalue weighted by Crippen LogP contribution is 2.37. The number of rotatable bonds is 8. The van der Waals surface area contributed by atoms with Crippen molar-refractivity contribution in [1.82, 2.24) is 24.3 Å². The maximum absolute atomic E-state index is 15.5. The van der Waals surface area contributed by atoms with Crippen LogP contribution in [0.15, 0.2) is 72.7 Å². The lowest BCUT2D eigenvalue weighted by Crippen LogP contribution is -2.41. The van der Waals surface area contributed by atoms with E-state index in [4.69, 9.17) is 10.5 Å². The number of benzene rings is 2. The van der Waals surface area contributed by atoms with Crippen molar-refractivity contribution in [2.75, 3.05) is 26.4 Å². The molecule has 42 heavy (non-hydrogen) atoms. The minimum atomic E-state index is -0.476. The number of halogens is 1. The van der Waals surface area contributed by atoms with Crippen LogP contribution in [-0.2, 0) is 11.3 Å². The zero-order valence-corrected chi connectivity index (χ0v) is 24.2. The number of carbonyl (C=O) groups is 1. The number of para-hydroxylation sites is 1. The highest BCUT2D eigenvalue weighted by molar-refractivity contribution is 6.01. The molecule has 2 aromatic carbocycles. The van der Waals surface area contributed by atoms with E-state index in [0.29, 0.717) is 46.7 Å². The van der Waals surface area contributed by atoms with Crippen molar-refractivity contribution in [1.29, 1.82) is 5.26 Å². The van der Waals surface area contributed by atoms with Gasteiger partial charge in [-0.2, -0.15) is 5.26 Å². The van der Waals surface area contributed by atoms with Crippen LogP contribution in [0.1, 0.15) is 26.7 Å². The van der Waals surface area contributed by atoms with E-state index in [1.165, 1.54) is 12.4 Å². The Morgan fingerprint density at radius 3 is 2.64 bits per heavy atom. The number of nitrogens with two attached hydrogens (primary N) is 1. The Balaban J connectivity index is 1.46. The van der Waals surface area contributed by atoms with Crippen LogP contribution in [-0.4, -0.2) is 62.5 Å². The standard InChI is InChI=1S/C32H34FN7O2/c1-32(2,38(3)4)16-21(17-34)31(41)40-14-8-9-22(40)18-39-19-26(28-29(35)36-20-37-30(28)39)25-13-12-24(15-27(25)33)42-23-10-6-5-7-11-23/h5-7,10-13,15-16,19-20,22H,8-9,14,18H2,1-4H3,(H2,35,36,37)/b21-16-/t22-/m1/s1. The molecule has 4 aromatic rings. The van der Waals surface area contributed by atoms with Crippen LogP contribution in [0.3, 0.4) is 0 Å². The number of amides is 1. The maximum atomic E-state index is 15.5. The van der Waals surface area contributed by atoms with Crippen LogP contribution in [0.2, 0.25) is 0 Å². The lowest BCUT2D eigenvalue weighted by Gasteiger charge is -2.30. The zero-order chi connectivity index (χ0) is 30.0. The number of aromatic nitrogens is 3. The van der Waals surface area contributed by atoms with Gasteiger partial charge in [0.25, 0.3) is 5.91 Å². The van der Waals surface area contributed by atoms with Crippen molar-refractivity contribution in [3.63, 3.8) is 0 Å². The van der Waals surface area contributed by atoms with E-state index < -0.39 is 11.4 Å². The second kappa shape index (κ2) is 11.6. The number of anilines is 1. The van der Waals surface area contributed by atoms with Gasteiger partial charge in [-0.15, -0.1) is 0 Å². The molecule has 1 amide bonds. The van der Waals surface area contributed by atoms with Crippen LogP contribution < -0.4 is 10.5 Å². The quantitative estimate of drug-likeness (QED) is 0.224. The number of nitrogens with zero attached hydrogens (tertiary/aromatic N) is 6. The SMILES string of the molecule is CN(C)C(C)(C)/C=C(/C#N)C(=O)N1CCC[C@@H]1Cn1cc(-c2ccc(Oc3ccccc3)cc2F)c2c(N)ncnc21. The van der Waals surface area contributed by atoms with Crippen LogP contribution in [0.25, 0.3) is 22.2 Å². The summed E-state index contributed by atoms with van der Waals surface area (Å²) in [6, 6.07) is 15.8. The number of nitrogen functional groups attached to an aromatic ring is 1. The van der Waals surface area contributed by atoms with Crippen molar-refractivity contribution >= 4 is 22.8 Å². The molecular formula is C32H34FN7O2. The lowest BCUT2D eigenvalue weighted by molar-refractivity contribution is -0.127. The average molecular weight is 568 g/mol. The van der Waals surface area contributed by atoms with E-state index in [2.05, 4.69) is 16.0 Å². The zero-order valence-electron chi connectivity index (χ0n) is 24.2. The molecule has 1 aliphatic heterocycles. The third-order valence-electron chi connectivity index (χ3n) is 7.94. The summed E-state index contributed by atoms with van der Waals surface area (Å²) in [6.45, 7) is 4.86. The molecule has 0 saturated carbocycles. The van der Waals surface area contributed by atoms with E-state index in [1.807, 2.05) is 61.8 Å². The van der Waals surface area contributed by atoms with Crippen molar-refractivity contribution in [2.45, 2.75) is 44.8 Å². The summed E-state index contributed by atoms with van der Waals surface area (Å²) < 4.78 is 23.2. The molecule has 0 spiro atoms. The highest BCUT2D eigenvalue weighted by atomic mass is 19.1. The first-order chi connectivity index (χ1) is 20.1. The monoisotopic (exact) mass is 567 g/mol. The largest absolute Gasteiger partial charge is 0.457 e. The number of nitriles is 1. The lowest BCUT2D eigenvalue weighted by atomic mass is 9.99. The molecular weight excluding hydrogens is 533 g/mol. The predicted octanol–water partition coefficient (Wildman–Crippen LogP) is 5.39. The Morgan fingerprint density at radius 2 is 1.95 bits per heavy atom. The van der Waals surface area contributed by atoms with E-state index in [9.17, 15) is 10.1 Å². The molecule has 216 valence electrons. The second-order valence-electron chi connectivity index (χ2n) is 11.2. The first-order valence-corrected chi connectivity index (χ1v) is 13.8. The van der Waals surface area contributed by atoms with Crippen molar-refractivity contribution in [3.05, 3.63) is 78.5 Å². The molecule has 1 aliphatic rings. The van der Waals surface area contributed by atoms with Gasteiger partial charge < -0.3 is 24.8 Å². The molecule has 0 unspecified atom stereocenters. The third kappa shape index (κ3) is 5.69. The predicted molar refractivity (Wildman–Crippen MR) is 160 cm³/mol. The molecule has 10 heteroatoms. The Labute approximate surface area is 244 Å². The average Bonchev–Trinajstić information content (AvgIpc) is 3.58. The molecule has 5 rings (SSSR count). The van der Waals surface area contributed by atoms with Crippen LogP contribution in [0.4, 0.5) is 10.2 Å². The number of likely N-dealkylation sites (tertiary alicyclic amines) is 1. The summed E-state index contributed by atoms with van der Waals surface area (Å²) in [6.07, 6.45) is 6.48. The summed E-state index contributed by atoms with van der Waals surface area (Å²) in [7, 11) is 3.81. The Bertz CT molecular complexity index is 1690. The Hall–Kier alpha value is -4.75. The molecule has 2 N–H and O–H groups in total. The summed E-state index contributed by atoms with van der Waals surface area (Å²) in [5, 5.41) is 10.4. The van der Waals surface area contributed by atoms with Gasteiger partial charge in [-0.25, -0.2) is 14.4 Å². The summed E-state index contributed by atoms with van der Waals surface area (Å²) in [4.78, 5) is 25.9. The van der Waals surface area contributed by atoms with Gasteiger partial charge in [-0.1, -0.05) is 18.2 Å². The first kappa shape index (κ1) is 28.8. The van der Waals surface area contributed by atoms with E-state index in [1.54, 1.807) is 35.2 Å². The first-order valence-electron chi connectivity index (χ1n) is 13.8. The second-order valence-corrected chi connectivity index (χ2v) is 11.2. The Kier molecular flexibility index (Phi) is 7.96. The van der Waals surface area contributed by atoms with Crippen LogP contribution in [0.5, 0.6) is 11.5 Å². The molecule has 0 aliphatic carbocycles. The fraction of sp³-hybridized carbons (Fsp3) is 0.312. The maximum Gasteiger partial charge on any atom is 0.264 e. The molecule has 1 fully saturated rings. The molecule has 9 nitrogen and oxygen atoms in total.